The normalized spacial score (nSPS) is 17.5. The summed E-state index contributed by atoms with van der Waals surface area (Å²) in [5.74, 6) is -0.245. The maximum atomic E-state index is 12.5. The van der Waals surface area contributed by atoms with Crippen molar-refractivity contribution in [1.82, 2.24) is 4.72 Å². The molecule has 1 amide bonds. The number of sulfonamides is 1. The summed E-state index contributed by atoms with van der Waals surface area (Å²) in [7, 11) is -3.76. The van der Waals surface area contributed by atoms with E-state index < -0.39 is 16.1 Å². The van der Waals surface area contributed by atoms with E-state index in [9.17, 15) is 18.0 Å². The highest BCUT2D eigenvalue weighted by Gasteiger charge is 2.33. The van der Waals surface area contributed by atoms with Crippen LogP contribution in [0.1, 0.15) is 29.3 Å². The van der Waals surface area contributed by atoms with Crippen LogP contribution in [0, 0.1) is 6.92 Å². The van der Waals surface area contributed by atoms with Gasteiger partial charge in [0.1, 0.15) is 0 Å². The SMILES string of the molecule is CC(=O)c1ccc(S(=O)(=O)N[C@@H]2CC(=O)N(c3ccc(C)cc3)C2)cc1. The van der Waals surface area contributed by atoms with Crippen molar-refractivity contribution in [2.75, 3.05) is 11.4 Å². The van der Waals surface area contributed by atoms with Crippen molar-refractivity contribution in [2.24, 2.45) is 0 Å². The molecule has 0 spiro atoms. The number of ketones is 1. The second-order valence-corrected chi connectivity index (χ2v) is 8.16. The lowest BCUT2D eigenvalue weighted by Crippen LogP contribution is -2.37. The number of benzene rings is 2. The first kappa shape index (κ1) is 18.3. The van der Waals surface area contributed by atoms with Crippen molar-refractivity contribution in [3.05, 3.63) is 59.7 Å². The lowest BCUT2D eigenvalue weighted by atomic mass is 10.2. The number of amides is 1. The Morgan fingerprint density at radius 2 is 1.69 bits per heavy atom. The minimum absolute atomic E-state index is 0.0729. The number of carbonyl (C=O) groups excluding carboxylic acids is 2. The zero-order chi connectivity index (χ0) is 18.9. The van der Waals surface area contributed by atoms with Crippen LogP contribution in [0.15, 0.2) is 53.4 Å². The molecule has 2 aromatic carbocycles. The van der Waals surface area contributed by atoms with E-state index in [0.717, 1.165) is 11.3 Å². The van der Waals surface area contributed by atoms with Crippen molar-refractivity contribution in [2.45, 2.75) is 31.2 Å². The number of anilines is 1. The van der Waals surface area contributed by atoms with Gasteiger partial charge in [0, 0.05) is 30.3 Å². The first-order chi connectivity index (χ1) is 12.3. The van der Waals surface area contributed by atoms with Gasteiger partial charge in [-0.15, -0.1) is 0 Å². The van der Waals surface area contributed by atoms with Crippen LogP contribution < -0.4 is 9.62 Å². The molecule has 1 N–H and O–H groups in total. The van der Waals surface area contributed by atoms with E-state index in [1.54, 1.807) is 4.90 Å². The second-order valence-electron chi connectivity index (χ2n) is 6.44. The van der Waals surface area contributed by atoms with Crippen molar-refractivity contribution in [1.29, 1.82) is 0 Å². The van der Waals surface area contributed by atoms with Gasteiger partial charge in [0.05, 0.1) is 4.90 Å². The minimum Gasteiger partial charge on any atom is -0.311 e. The number of hydrogen-bond donors (Lipinski definition) is 1. The highest BCUT2D eigenvalue weighted by molar-refractivity contribution is 7.89. The molecule has 0 unspecified atom stereocenters. The van der Waals surface area contributed by atoms with E-state index in [1.165, 1.54) is 31.2 Å². The number of Topliss-reactive ketones (excluding diaryl/α,β-unsaturated/α-hetero) is 1. The van der Waals surface area contributed by atoms with Crippen LogP contribution in [-0.4, -0.2) is 32.7 Å². The molecule has 0 saturated carbocycles. The van der Waals surface area contributed by atoms with Gasteiger partial charge in [0.15, 0.2) is 5.78 Å². The topological polar surface area (TPSA) is 83.5 Å². The molecule has 1 heterocycles. The van der Waals surface area contributed by atoms with Crippen LogP contribution >= 0.6 is 0 Å². The van der Waals surface area contributed by atoms with Gasteiger partial charge < -0.3 is 4.90 Å². The van der Waals surface area contributed by atoms with Gasteiger partial charge >= 0.3 is 0 Å². The molecule has 7 heteroatoms. The summed E-state index contributed by atoms with van der Waals surface area (Å²) in [6.45, 7) is 3.67. The standard InChI is InChI=1S/C19H20N2O4S/c1-13-3-7-17(8-4-13)21-12-16(11-19(21)23)20-26(24,25)18-9-5-15(6-10-18)14(2)22/h3-10,16,20H,11-12H2,1-2H3/t16-/m1/s1. The summed E-state index contributed by atoms with van der Waals surface area (Å²) in [6, 6.07) is 12.8. The number of nitrogens with zero attached hydrogens (tertiary/aromatic N) is 1. The summed E-state index contributed by atoms with van der Waals surface area (Å²) in [5.41, 5.74) is 2.30. The Balaban J connectivity index is 1.73. The monoisotopic (exact) mass is 372 g/mol. The van der Waals surface area contributed by atoms with Crippen LogP contribution in [0.3, 0.4) is 0 Å². The van der Waals surface area contributed by atoms with Crippen LogP contribution in [0.25, 0.3) is 0 Å². The molecule has 0 aliphatic carbocycles. The lowest BCUT2D eigenvalue weighted by Gasteiger charge is -2.17. The first-order valence-electron chi connectivity index (χ1n) is 8.26. The zero-order valence-corrected chi connectivity index (χ0v) is 15.4. The maximum Gasteiger partial charge on any atom is 0.240 e. The van der Waals surface area contributed by atoms with Crippen molar-refractivity contribution in [3.63, 3.8) is 0 Å². The van der Waals surface area contributed by atoms with Gasteiger partial charge in [-0.3, -0.25) is 9.59 Å². The van der Waals surface area contributed by atoms with E-state index in [2.05, 4.69) is 4.72 Å². The van der Waals surface area contributed by atoms with Crippen LogP contribution in [0.5, 0.6) is 0 Å². The Hall–Kier alpha value is -2.51. The summed E-state index contributed by atoms with van der Waals surface area (Å²) in [4.78, 5) is 25.2. The average Bonchev–Trinajstić information content (AvgIpc) is 2.95. The molecule has 2 aromatic rings. The quantitative estimate of drug-likeness (QED) is 0.816. The fraction of sp³-hybridized carbons (Fsp3) is 0.263. The summed E-state index contributed by atoms with van der Waals surface area (Å²) in [5, 5.41) is 0. The average molecular weight is 372 g/mol. The number of nitrogens with one attached hydrogen (secondary N) is 1. The first-order valence-corrected chi connectivity index (χ1v) is 9.75. The van der Waals surface area contributed by atoms with Gasteiger partial charge in [-0.05, 0) is 38.1 Å². The molecule has 1 aliphatic heterocycles. The zero-order valence-electron chi connectivity index (χ0n) is 14.6. The Labute approximate surface area is 152 Å². The molecule has 1 saturated heterocycles. The van der Waals surface area contributed by atoms with Gasteiger partial charge in [0.25, 0.3) is 0 Å². The van der Waals surface area contributed by atoms with E-state index in [4.69, 9.17) is 0 Å². The Bertz CT molecular complexity index is 935. The van der Waals surface area contributed by atoms with E-state index in [-0.39, 0.29) is 29.6 Å². The predicted molar refractivity (Wildman–Crippen MR) is 98.7 cm³/mol. The molecule has 1 fully saturated rings. The Kier molecular flexibility index (Phi) is 4.93. The van der Waals surface area contributed by atoms with Crippen molar-refractivity contribution in [3.8, 4) is 0 Å². The molecule has 3 rings (SSSR count). The van der Waals surface area contributed by atoms with Crippen molar-refractivity contribution >= 4 is 27.4 Å². The van der Waals surface area contributed by atoms with E-state index >= 15 is 0 Å². The second kappa shape index (κ2) is 7.01. The minimum atomic E-state index is -3.76. The third-order valence-electron chi connectivity index (χ3n) is 4.36. The lowest BCUT2D eigenvalue weighted by molar-refractivity contribution is -0.117. The molecule has 0 bridgehead atoms. The van der Waals surface area contributed by atoms with Gasteiger partial charge in [0.2, 0.25) is 15.9 Å². The Morgan fingerprint density at radius 1 is 1.08 bits per heavy atom. The fourth-order valence-corrected chi connectivity index (χ4v) is 4.14. The molecule has 0 radical (unpaired) electrons. The number of aryl methyl sites for hydroxylation is 1. The molecular formula is C19H20N2O4S. The molecule has 0 aromatic heterocycles. The molecule has 1 aliphatic rings. The van der Waals surface area contributed by atoms with E-state index in [1.807, 2.05) is 31.2 Å². The number of carbonyl (C=O) groups is 2. The van der Waals surface area contributed by atoms with Gasteiger partial charge in [-0.1, -0.05) is 29.8 Å². The van der Waals surface area contributed by atoms with Crippen LogP contribution in [0.2, 0.25) is 0 Å². The summed E-state index contributed by atoms with van der Waals surface area (Å²) in [6.07, 6.45) is 0.110. The molecule has 26 heavy (non-hydrogen) atoms. The summed E-state index contributed by atoms with van der Waals surface area (Å²) < 4.78 is 27.7. The number of rotatable bonds is 5. The van der Waals surface area contributed by atoms with Crippen LogP contribution in [-0.2, 0) is 14.8 Å². The van der Waals surface area contributed by atoms with E-state index in [0.29, 0.717) is 5.56 Å². The van der Waals surface area contributed by atoms with Crippen molar-refractivity contribution < 1.29 is 18.0 Å². The molecular weight excluding hydrogens is 352 g/mol. The third kappa shape index (κ3) is 3.84. The Morgan fingerprint density at radius 3 is 2.27 bits per heavy atom. The van der Waals surface area contributed by atoms with Gasteiger partial charge in [-0.2, -0.15) is 0 Å². The third-order valence-corrected chi connectivity index (χ3v) is 5.90. The molecule has 136 valence electrons. The molecule has 6 nitrogen and oxygen atoms in total. The van der Waals surface area contributed by atoms with Gasteiger partial charge in [-0.25, -0.2) is 13.1 Å². The highest BCUT2D eigenvalue weighted by Crippen LogP contribution is 2.23. The number of hydrogen-bond acceptors (Lipinski definition) is 4. The smallest absolute Gasteiger partial charge is 0.240 e. The predicted octanol–water partition coefficient (Wildman–Crippen LogP) is 2.28. The fourth-order valence-electron chi connectivity index (χ4n) is 2.92. The molecule has 1 atom stereocenters. The largest absolute Gasteiger partial charge is 0.311 e. The summed E-state index contributed by atoms with van der Waals surface area (Å²) >= 11 is 0. The highest BCUT2D eigenvalue weighted by atomic mass is 32.2. The van der Waals surface area contributed by atoms with Crippen LogP contribution in [0.4, 0.5) is 5.69 Å². The maximum absolute atomic E-state index is 12.5.